The Bertz CT molecular complexity index is 1150. The number of aryl methyl sites for hydroxylation is 2. The number of aromatic nitrogens is 2. The van der Waals surface area contributed by atoms with E-state index in [0.29, 0.717) is 24.2 Å². The Kier molecular flexibility index (Phi) is 9.39. The third-order valence-corrected chi connectivity index (χ3v) is 8.87. The van der Waals surface area contributed by atoms with E-state index in [1.54, 1.807) is 0 Å². The van der Waals surface area contributed by atoms with Crippen molar-refractivity contribution in [3.8, 4) is 0 Å². The topological polar surface area (TPSA) is 115 Å². The van der Waals surface area contributed by atoms with E-state index >= 15 is 0 Å². The second-order valence-electron chi connectivity index (χ2n) is 11.7. The summed E-state index contributed by atoms with van der Waals surface area (Å²) in [5.74, 6) is 1.15. The third-order valence-electron chi connectivity index (χ3n) is 8.87. The first-order valence-electron chi connectivity index (χ1n) is 15.1. The van der Waals surface area contributed by atoms with Crippen LogP contribution in [0.5, 0.6) is 0 Å². The minimum absolute atomic E-state index is 0.178. The van der Waals surface area contributed by atoms with E-state index in [0.717, 1.165) is 62.8 Å². The number of nitrogens with zero attached hydrogens (tertiary/aromatic N) is 5. The van der Waals surface area contributed by atoms with Crippen LogP contribution < -0.4 is 26.6 Å². The van der Waals surface area contributed by atoms with Gasteiger partial charge in [0.2, 0.25) is 0 Å². The number of primary amides is 1. The average Bonchev–Trinajstić information content (AvgIpc) is 2.97. The highest BCUT2D eigenvalue weighted by molar-refractivity contribution is 5.96. The maximum Gasteiger partial charge on any atom is 0.271 e. The summed E-state index contributed by atoms with van der Waals surface area (Å²) >= 11 is 0. The summed E-state index contributed by atoms with van der Waals surface area (Å²) in [6, 6.07) is 7.07. The van der Waals surface area contributed by atoms with Crippen molar-refractivity contribution in [2.24, 2.45) is 11.7 Å². The van der Waals surface area contributed by atoms with E-state index in [1.807, 2.05) is 6.92 Å². The molecule has 218 valence electrons. The van der Waals surface area contributed by atoms with Gasteiger partial charge in [0.15, 0.2) is 11.5 Å². The van der Waals surface area contributed by atoms with Gasteiger partial charge in [0, 0.05) is 63.2 Å². The molecule has 1 amide bonds. The van der Waals surface area contributed by atoms with E-state index in [-0.39, 0.29) is 5.69 Å². The Morgan fingerprint density at radius 2 is 1.75 bits per heavy atom. The number of carbonyl (C=O) groups is 1. The molecule has 0 saturated carbocycles. The Hall–Kier alpha value is -2.95. The van der Waals surface area contributed by atoms with Gasteiger partial charge in [-0.2, -0.15) is 0 Å². The number of rotatable bonds is 9. The zero-order chi connectivity index (χ0) is 28.1. The summed E-state index contributed by atoms with van der Waals surface area (Å²) in [5.41, 5.74) is 10.0. The zero-order valence-corrected chi connectivity index (χ0v) is 24.5. The van der Waals surface area contributed by atoms with E-state index in [1.165, 1.54) is 50.3 Å². The molecular formula is C30H47N9O. The number of piperazine rings is 1. The SMILES string of the molecule is CCc1nc(C(N)=O)c(Nc2ccc(N3CCC(N4CCN(C)CC4)CC3)c(C)c2)nc1NCC1CCNCC1. The first-order chi connectivity index (χ1) is 19.4. The highest BCUT2D eigenvalue weighted by Crippen LogP contribution is 2.30. The molecule has 5 rings (SSSR count). The number of benzene rings is 1. The molecule has 0 atom stereocenters. The lowest BCUT2D eigenvalue weighted by Crippen LogP contribution is -2.52. The number of carbonyl (C=O) groups excluding carboxylic acids is 1. The lowest BCUT2D eigenvalue weighted by molar-refractivity contribution is 0.0982. The lowest BCUT2D eigenvalue weighted by Gasteiger charge is -2.43. The van der Waals surface area contributed by atoms with Crippen LogP contribution in [0.2, 0.25) is 0 Å². The number of amides is 1. The third kappa shape index (κ3) is 6.85. The molecule has 1 aromatic carbocycles. The molecule has 0 bridgehead atoms. The number of likely N-dealkylation sites (N-methyl/N-ethyl adjacent to an activating group) is 1. The first kappa shape index (κ1) is 28.6. The molecule has 10 nitrogen and oxygen atoms in total. The Balaban J connectivity index is 1.26. The molecule has 1 aromatic heterocycles. The molecule has 0 unspecified atom stereocenters. The maximum atomic E-state index is 12.3. The standard InChI is InChI=1S/C30H47N9O/c1-4-25-29(33-20-22-7-11-32-12-8-22)36-30(27(35-25)28(31)40)34-23-5-6-26(21(2)19-23)39-13-9-24(10-14-39)38-17-15-37(3)16-18-38/h5-6,19,22,24,32H,4,7-18,20H2,1-3H3,(H2,31,40)(H2,33,34,36). The molecule has 0 spiro atoms. The summed E-state index contributed by atoms with van der Waals surface area (Å²) in [4.78, 5) is 29.4. The zero-order valence-electron chi connectivity index (χ0n) is 24.5. The van der Waals surface area contributed by atoms with E-state index in [2.05, 4.69) is 67.8 Å². The predicted octanol–water partition coefficient (Wildman–Crippen LogP) is 2.82. The fourth-order valence-electron chi connectivity index (χ4n) is 6.33. The quantitative estimate of drug-likeness (QED) is 0.375. The largest absolute Gasteiger partial charge is 0.371 e. The van der Waals surface area contributed by atoms with Gasteiger partial charge in [-0.25, -0.2) is 9.97 Å². The van der Waals surface area contributed by atoms with Crippen LogP contribution in [0.4, 0.5) is 23.0 Å². The van der Waals surface area contributed by atoms with Gasteiger partial charge in [-0.1, -0.05) is 6.92 Å². The number of nitrogens with one attached hydrogen (secondary N) is 3. The average molecular weight is 550 g/mol. The molecule has 3 aliphatic heterocycles. The van der Waals surface area contributed by atoms with Crippen molar-refractivity contribution in [1.29, 1.82) is 0 Å². The Morgan fingerprint density at radius 1 is 1.02 bits per heavy atom. The van der Waals surface area contributed by atoms with Crippen molar-refractivity contribution in [2.75, 3.05) is 81.5 Å². The maximum absolute atomic E-state index is 12.3. The van der Waals surface area contributed by atoms with Gasteiger partial charge in [0.25, 0.3) is 5.91 Å². The molecule has 4 heterocycles. The predicted molar refractivity (Wildman–Crippen MR) is 163 cm³/mol. The number of anilines is 4. The molecule has 3 aliphatic rings. The van der Waals surface area contributed by atoms with Crippen LogP contribution in [0.1, 0.15) is 54.4 Å². The van der Waals surface area contributed by atoms with Crippen LogP contribution in [0.25, 0.3) is 0 Å². The van der Waals surface area contributed by atoms with Crippen molar-refractivity contribution in [1.82, 2.24) is 25.1 Å². The highest BCUT2D eigenvalue weighted by Gasteiger charge is 2.27. The van der Waals surface area contributed by atoms with E-state index in [4.69, 9.17) is 10.7 Å². The normalized spacial score (nSPS) is 20.0. The Labute approximate surface area is 239 Å². The highest BCUT2D eigenvalue weighted by atomic mass is 16.1. The number of hydrogen-bond donors (Lipinski definition) is 4. The minimum atomic E-state index is -0.578. The van der Waals surface area contributed by atoms with E-state index < -0.39 is 5.91 Å². The fraction of sp³-hybridized carbons (Fsp3) is 0.633. The van der Waals surface area contributed by atoms with Crippen LogP contribution in [0.3, 0.4) is 0 Å². The molecule has 10 heteroatoms. The van der Waals surface area contributed by atoms with Crippen LogP contribution in [0.15, 0.2) is 18.2 Å². The second-order valence-corrected chi connectivity index (χ2v) is 11.7. The van der Waals surface area contributed by atoms with Gasteiger partial charge >= 0.3 is 0 Å². The molecule has 2 aromatic rings. The summed E-state index contributed by atoms with van der Waals surface area (Å²) in [5, 5.41) is 10.3. The number of nitrogens with two attached hydrogens (primary N) is 1. The monoisotopic (exact) mass is 549 g/mol. The summed E-state index contributed by atoms with van der Waals surface area (Å²) in [6.07, 6.45) is 5.37. The molecule has 40 heavy (non-hydrogen) atoms. The Morgan fingerprint density at radius 3 is 2.40 bits per heavy atom. The van der Waals surface area contributed by atoms with Crippen molar-refractivity contribution in [2.45, 2.75) is 52.0 Å². The molecule has 0 aliphatic carbocycles. The molecule has 0 radical (unpaired) electrons. The van der Waals surface area contributed by atoms with Crippen LogP contribution in [0, 0.1) is 12.8 Å². The summed E-state index contributed by atoms with van der Waals surface area (Å²) in [6.45, 7) is 14.0. The lowest BCUT2D eigenvalue weighted by atomic mass is 9.98. The minimum Gasteiger partial charge on any atom is -0.371 e. The van der Waals surface area contributed by atoms with Crippen molar-refractivity contribution >= 4 is 28.9 Å². The van der Waals surface area contributed by atoms with Crippen LogP contribution >= 0.6 is 0 Å². The van der Waals surface area contributed by atoms with Gasteiger partial charge in [-0.15, -0.1) is 0 Å². The smallest absolute Gasteiger partial charge is 0.271 e. The van der Waals surface area contributed by atoms with Crippen LogP contribution in [-0.2, 0) is 6.42 Å². The summed E-state index contributed by atoms with van der Waals surface area (Å²) < 4.78 is 0. The van der Waals surface area contributed by atoms with Gasteiger partial charge in [-0.05, 0) is 88.8 Å². The molecule has 3 saturated heterocycles. The van der Waals surface area contributed by atoms with Gasteiger partial charge < -0.3 is 31.5 Å². The number of hydrogen-bond acceptors (Lipinski definition) is 9. The van der Waals surface area contributed by atoms with Crippen molar-refractivity contribution < 1.29 is 4.79 Å². The van der Waals surface area contributed by atoms with E-state index in [9.17, 15) is 4.79 Å². The molecule has 3 fully saturated rings. The van der Waals surface area contributed by atoms with Crippen molar-refractivity contribution in [3.63, 3.8) is 0 Å². The van der Waals surface area contributed by atoms with Gasteiger partial charge in [-0.3, -0.25) is 9.69 Å². The van der Waals surface area contributed by atoms with Gasteiger partial charge in [0.1, 0.15) is 5.82 Å². The first-order valence-corrected chi connectivity index (χ1v) is 15.1. The molecule has 5 N–H and O–H groups in total. The second kappa shape index (κ2) is 13.1. The van der Waals surface area contributed by atoms with Crippen LogP contribution in [-0.4, -0.2) is 97.7 Å². The molecular weight excluding hydrogens is 502 g/mol. The fourth-order valence-corrected chi connectivity index (χ4v) is 6.33. The number of piperidine rings is 2. The van der Waals surface area contributed by atoms with Crippen molar-refractivity contribution in [3.05, 3.63) is 35.2 Å². The summed E-state index contributed by atoms with van der Waals surface area (Å²) in [7, 11) is 2.22. The van der Waals surface area contributed by atoms with Gasteiger partial charge in [0.05, 0.1) is 5.69 Å².